The molecule has 172 valence electrons. The number of nitrogens with one attached hydrogen (secondary N) is 1. The molecule has 2 amide bonds. The number of hydrogen-bond acceptors (Lipinski definition) is 4. The largest absolute Gasteiger partial charge is 0.481 e. The Morgan fingerprint density at radius 2 is 1.73 bits per heavy atom. The van der Waals surface area contributed by atoms with Crippen LogP contribution in [0.15, 0.2) is 48.5 Å². The van der Waals surface area contributed by atoms with Crippen molar-refractivity contribution in [1.82, 2.24) is 10.2 Å². The summed E-state index contributed by atoms with van der Waals surface area (Å²) < 4.78 is 5.50. The Morgan fingerprint density at radius 1 is 1.06 bits per heavy atom. The van der Waals surface area contributed by atoms with E-state index in [9.17, 15) is 19.5 Å². The van der Waals surface area contributed by atoms with Crippen molar-refractivity contribution in [2.45, 2.75) is 31.6 Å². The number of aliphatic carboxylic acids is 1. The molecule has 5 rings (SSSR count). The number of alkyl carbamates (subject to hydrolysis) is 1. The van der Waals surface area contributed by atoms with Crippen molar-refractivity contribution >= 4 is 18.0 Å². The predicted octanol–water partition coefficient (Wildman–Crippen LogP) is 3.63. The van der Waals surface area contributed by atoms with Gasteiger partial charge in [-0.2, -0.15) is 0 Å². The van der Waals surface area contributed by atoms with Gasteiger partial charge >= 0.3 is 12.1 Å². The third kappa shape index (κ3) is 3.75. The minimum Gasteiger partial charge on any atom is -0.481 e. The average Bonchev–Trinajstić information content (AvgIpc) is 3.47. The van der Waals surface area contributed by atoms with E-state index in [-0.39, 0.29) is 43.9 Å². The summed E-state index contributed by atoms with van der Waals surface area (Å²) in [6.45, 7) is 1.16. The minimum atomic E-state index is -0.794. The van der Waals surface area contributed by atoms with Crippen LogP contribution in [0, 0.1) is 11.3 Å². The van der Waals surface area contributed by atoms with Crippen LogP contribution < -0.4 is 5.32 Å². The molecule has 0 aromatic heterocycles. The first kappa shape index (κ1) is 21.5. The summed E-state index contributed by atoms with van der Waals surface area (Å²) in [6, 6.07) is 16.3. The van der Waals surface area contributed by atoms with Crippen LogP contribution in [0.4, 0.5) is 4.79 Å². The molecule has 0 bridgehead atoms. The van der Waals surface area contributed by atoms with Crippen molar-refractivity contribution in [2.24, 2.45) is 11.3 Å². The van der Waals surface area contributed by atoms with E-state index in [4.69, 9.17) is 4.74 Å². The van der Waals surface area contributed by atoms with Crippen LogP contribution in [-0.2, 0) is 14.3 Å². The third-order valence-corrected chi connectivity index (χ3v) is 7.60. The highest BCUT2D eigenvalue weighted by Gasteiger charge is 2.55. The van der Waals surface area contributed by atoms with Crippen molar-refractivity contribution in [3.8, 4) is 11.1 Å². The molecule has 1 saturated carbocycles. The van der Waals surface area contributed by atoms with Gasteiger partial charge in [-0.05, 0) is 41.0 Å². The molecule has 0 spiro atoms. The van der Waals surface area contributed by atoms with Gasteiger partial charge in [0.05, 0.1) is 5.41 Å². The number of fused-ring (bicyclic) bond motifs is 4. The van der Waals surface area contributed by atoms with Gasteiger partial charge in [-0.25, -0.2) is 4.79 Å². The van der Waals surface area contributed by atoms with E-state index in [0.717, 1.165) is 24.0 Å². The molecular weight excluding hydrogens is 420 g/mol. The molecule has 2 fully saturated rings. The number of benzene rings is 2. The van der Waals surface area contributed by atoms with Crippen LogP contribution in [0.2, 0.25) is 0 Å². The summed E-state index contributed by atoms with van der Waals surface area (Å²) in [5.41, 5.74) is 3.85. The standard InChI is InChI=1S/C26H28N2O5/c29-23(28-14-17-6-5-12-26(17,16-28)24(30)31)11-13-27-25(32)33-15-22-20-9-3-1-7-18(20)19-8-2-4-10-21(19)22/h1-4,7-10,17,22H,5-6,11-16H2,(H,27,32)(H,30,31). The Labute approximate surface area is 192 Å². The molecule has 2 aromatic rings. The number of carbonyl (C=O) groups is 3. The fraction of sp³-hybridized carbons (Fsp3) is 0.423. The third-order valence-electron chi connectivity index (χ3n) is 7.60. The van der Waals surface area contributed by atoms with Gasteiger partial charge in [0.15, 0.2) is 0 Å². The fourth-order valence-corrected chi connectivity index (χ4v) is 5.91. The van der Waals surface area contributed by atoms with Crippen molar-refractivity contribution in [2.75, 3.05) is 26.2 Å². The lowest BCUT2D eigenvalue weighted by Crippen LogP contribution is -2.38. The molecule has 3 aliphatic rings. The van der Waals surface area contributed by atoms with Crippen LogP contribution in [0.5, 0.6) is 0 Å². The molecule has 7 heteroatoms. The normalized spacial score (nSPS) is 23.0. The molecule has 1 aliphatic heterocycles. The van der Waals surface area contributed by atoms with Crippen molar-refractivity contribution in [1.29, 1.82) is 0 Å². The molecule has 1 saturated heterocycles. The Balaban J connectivity index is 1.11. The number of nitrogens with zero attached hydrogens (tertiary/aromatic N) is 1. The Kier molecular flexibility index (Phi) is 5.56. The maximum atomic E-state index is 12.6. The number of ether oxygens (including phenoxy) is 1. The van der Waals surface area contributed by atoms with Crippen molar-refractivity contribution in [3.05, 3.63) is 59.7 Å². The van der Waals surface area contributed by atoms with E-state index >= 15 is 0 Å². The summed E-state index contributed by atoms with van der Waals surface area (Å²) in [5.74, 6) is -0.893. The molecular formula is C26H28N2O5. The maximum absolute atomic E-state index is 12.6. The van der Waals surface area contributed by atoms with Gasteiger partial charge in [-0.3, -0.25) is 9.59 Å². The highest BCUT2D eigenvalue weighted by molar-refractivity contribution is 5.82. The fourth-order valence-electron chi connectivity index (χ4n) is 5.91. The topological polar surface area (TPSA) is 95.9 Å². The number of rotatable bonds is 6. The van der Waals surface area contributed by atoms with Crippen molar-refractivity contribution < 1.29 is 24.2 Å². The highest BCUT2D eigenvalue weighted by atomic mass is 16.5. The smallest absolute Gasteiger partial charge is 0.407 e. The molecule has 0 radical (unpaired) electrons. The quantitative estimate of drug-likeness (QED) is 0.704. The van der Waals surface area contributed by atoms with Gasteiger partial charge in [-0.15, -0.1) is 0 Å². The Morgan fingerprint density at radius 3 is 2.36 bits per heavy atom. The molecule has 7 nitrogen and oxygen atoms in total. The van der Waals surface area contributed by atoms with Gasteiger partial charge in [0.2, 0.25) is 5.91 Å². The van der Waals surface area contributed by atoms with E-state index in [1.165, 1.54) is 11.1 Å². The zero-order chi connectivity index (χ0) is 23.0. The van der Waals surface area contributed by atoms with Crippen LogP contribution in [0.25, 0.3) is 11.1 Å². The van der Waals surface area contributed by atoms with Crippen molar-refractivity contribution in [3.63, 3.8) is 0 Å². The summed E-state index contributed by atoms with van der Waals surface area (Å²) >= 11 is 0. The van der Waals surface area contributed by atoms with E-state index in [1.807, 2.05) is 24.3 Å². The zero-order valence-electron chi connectivity index (χ0n) is 18.5. The lowest BCUT2D eigenvalue weighted by molar-refractivity contribution is -0.149. The Hall–Kier alpha value is -3.35. The highest BCUT2D eigenvalue weighted by Crippen LogP contribution is 2.49. The summed E-state index contributed by atoms with van der Waals surface area (Å²) in [5, 5.41) is 12.3. The second-order valence-corrected chi connectivity index (χ2v) is 9.33. The summed E-state index contributed by atoms with van der Waals surface area (Å²) in [6.07, 6.45) is 1.97. The first-order valence-corrected chi connectivity index (χ1v) is 11.6. The number of carbonyl (C=O) groups excluding carboxylic acids is 2. The lowest BCUT2D eigenvalue weighted by atomic mass is 9.81. The average molecular weight is 449 g/mol. The van der Waals surface area contributed by atoms with Crippen LogP contribution in [0.1, 0.15) is 42.7 Å². The minimum absolute atomic E-state index is 0.0130. The number of carboxylic acids is 1. The van der Waals surface area contributed by atoms with Crippen LogP contribution >= 0.6 is 0 Å². The number of amides is 2. The van der Waals surface area contributed by atoms with Gasteiger partial charge in [0, 0.05) is 32.0 Å². The van der Waals surface area contributed by atoms with Gasteiger partial charge in [0.25, 0.3) is 0 Å². The second-order valence-electron chi connectivity index (χ2n) is 9.33. The van der Waals surface area contributed by atoms with Gasteiger partial charge < -0.3 is 20.1 Å². The van der Waals surface area contributed by atoms with E-state index in [1.54, 1.807) is 4.90 Å². The van der Waals surface area contributed by atoms with Crippen LogP contribution in [-0.4, -0.2) is 54.2 Å². The first-order chi connectivity index (χ1) is 16.0. The monoisotopic (exact) mass is 448 g/mol. The molecule has 2 unspecified atom stereocenters. The number of hydrogen-bond donors (Lipinski definition) is 2. The SMILES string of the molecule is O=C(NCCC(=O)N1CC2CCCC2(C(=O)O)C1)OCC1c2ccccc2-c2ccccc21. The number of likely N-dealkylation sites (tertiary alicyclic amines) is 1. The summed E-state index contributed by atoms with van der Waals surface area (Å²) in [4.78, 5) is 38.3. The molecule has 2 atom stereocenters. The number of carboxylic acid groups (broad SMARTS) is 1. The van der Waals surface area contributed by atoms with E-state index in [2.05, 4.69) is 29.6 Å². The molecule has 2 aliphatic carbocycles. The lowest BCUT2D eigenvalue weighted by Gasteiger charge is -2.23. The zero-order valence-corrected chi connectivity index (χ0v) is 18.5. The molecule has 1 heterocycles. The second kappa shape index (κ2) is 8.54. The first-order valence-electron chi connectivity index (χ1n) is 11.6. The van der Waals surface area contributed by atoms with E-state index < -0.39 is 17.5 Å². The van der Waals surface area contributed by atoms with Gasteiger partial charge in [0.1, 0.15) is 6.61 Å². The van der Waals surface area contributed by atoms with E-state index in [0.29, 0.717) is 13.0 Å². The maximum Gasteiger partial charge on any atom is 0.407 e. The molecule has 2 aromatic carbocycles. The summed E-state index contributed by atoms with van der Waals surface area (Å²) in [7, 11) is 0. The van der Waals surface area contributed by atoms with Crippen LogP contribution in [0.3, 0.4) is 0 Å². The van der Waals surface area contributed by atoms with Gasteiger partial charge in [-0.1, -0.05) is 55.0 Å². The predicted molar refractivity (Wildman–Crippen MR) is 122 cm³/mol. The Bertz CT molecular complexity index is 1050. The molecule has 2 N–H and O–H groups in total. The molecule has 33 heavy (non-hydrogen) atoms.